The molecule has 1 aliphatic rings. The van der Waals surface area contributed by atoms with E-state index >= 15 is 0 Å². The highest BCUT2D eigenvalue weighted by Crippen LogP contribution is 2.34. The largest absolute Gasteiger partial charge is 0.454 e. The Hall–Kier alpha value is -2.12. The van der Waals surface area contributed by atoms with Crippen LogP contribution in [-0.4, -0.2) is 37.6 Å². The molecule has 0 aliphatic carbocycles. The Morgan fingerprint density at radius 2 is 1.87 bits per heavy atom. The van der Waals surface area contributed by atoms with Crippen LogP contribution in [0.15, 0.2) is 47.6 Å². The third-order valence-corrected chi connectivity index (χ3v) is 5.70. The molecule has 0 saturated heterocycles. The lowest BCUT2D eigenvalue weighted by Gasteiger charge is -2.20. The van der Waals surface area contributed by atoms with Gasteiger partial charge in [-0.15, -0.1) is 0 Å². The van der Waals surface area contributed by atoms with E-state index in [-0.39, 0.29) is 11.7 Å². The second kappa shape index (κ2) is 6.55. The third-order valence-electron chi connectivity index (χ3n) is 3.73. The molecule has 0 saturated carbocycles. The summed E-state index contributed by atoms with van der Waals surface area (Å²) in [6, 6.07) is 8.48. The molecule has 2 aromatic rings. The molecule has 3 rings (SSSR count). The maximum absolute atomic E-state index is 12.8. The van der Waals surface area contributed by atoms with Crippen molar-refractivity contribution in [2.75, 3.05) is 19.9 Å². The average molecular weight is 334 g/mol. The maximum Gasteiger partial charge on any atom is 0.243 e. The third kappa shape index (κ3) is 3.30. The summed E-state index contributed by atoms with van der Waals surface area (Å²) in [4.78, 5) is 4.19. The number of pyridine rings is 1. The summed E-state index contributed by atoms with van der Waals surface area (Å²) >= 11 is 0. The van der Waals surface area contributed by atoms with Crippen LogP contribution in [0.1, 0.15) is 12.5 Å². The Bertz CT molecular complexity index is 778. The number of nitrogens with zero attached hydrogens (tertiary/aromatic N) is 2. The minimum absolute atomic E-state index is 0.123. The molecule has 0 bridgehead atoms. The molecule has 1 aromatic heterocycles. The van der Waals surface area contributed by atoms with Gasteiger partial charge in [-0.05, 0) is 36.2 Å². The van der Waals surface area contributed by atoms with E-state index in [4.69, 9.17) is 9.47 Å². The van der Waals surface area contributed by atoms with Crippen molar-refractivity contribution < 1.29 is 17.9 Å². The minimum atomic E-state index is -3.56. The molecule has 122 valence electrons. The van der Waals surface area contributed by atoms with Gasteiger partial charge in [0.25, 0.3) is 0 Å². The van der Waals surface area contributed by atoms with E-state index in [1.807, 2.05) is 19.1 Å². The minimum Gasteiger partial charge on any atom is -0.454 e. The van der Waals surface area contributed by atoms with Crippen LogP contribution in [0, 0.1) is 0 Å². The zero-order valence-electron chi connectivity index (χ0n) is 12.8. The van der Waals surface area contributed by atoms with Gasteiger partial charge in [0, 0.05) is 31.5 Å². The van der Waals surface area contributed by atoms with Gasteiger partial charge in [-0.1, -0.05) is 6.92 Å². The summed E-state index contributed by atoms with van der Waals surface area (Å²) < 4.78 is 37.6. The van der Waals surface area contributed by atoms with Gasteiger partial charge < -0.3 is 9.47 Å². The molecule has 7 heteroatoms. The highest BCUT2D eigenvalue weighted by Gasteiger charge is 2.25. The van der Waals surface area contributed by atoms with Gasteiger partial charge in [0.2, 0.25) is 16.8 Å². The number of hydrogen-bond donors (Lipinski definition) is 0. The first-order valence-electron chi connectivity index (χ1n) is 7.40. The summed E-state index contributed by atoms with van der Waals surface area (Å²) in [5, 5.41) is 0. The molecule has 0 spiro atoms. The van der Waals surface area contributed by atoms with E-state index in [2.05, 4.69) is 4.98 Å². The van der Waals surface area contributed by atoms with Crippen molar-refractivity contribution in [3.63, 3.8) is 0 Å². The zero-order valence-corrected chi connectivity index (χ0v) is 13.6. The molecule has 0 atom stereocenters. The van der Waals surface area contributed by atoms with Gasteiger partial charge in [0.05, 0.1) is 4.90 Å². The van der Waals surface area contributed by atoms with E-state index in [0.717, 1.165) is 5.56 Å². The van der Waals surface area contributed by atoms with Crippen molar-refractivity contribution in [1.29, 1.82) is 0 Å². The van der Waals surface area contributed by atoms with Crippen LogP contribution in [0.4, 0.5) is 0 Å². The number of rotatable bonds is 6. The number of benzene rings is 1. The molecule has 2 heterocycles. The average Bonchev–Trinajstić information content (AvgIpc) is 3.04. The fourth-order valence-corrected chi connectivity index (χ4v) is 3.90. The van der Waals surface area contributed by atoms with Crippen molar-refractivity contribution in [2.45, 2.75) is 18.2 Å². The van der Waals surface area contributed by atoms with Gasteiger partial charge >= 0.3 is 0 Å². The van der Waals surface area contributed by atoms with Gasteiger partial charge in [-0.3, -0.25) is 4.98 Å². The van der Waals surface area contributed by atoms with Crippen LogP contribution in [0.2, 0.25) is 0 Å². The molecule has 0 N–H and O–H groups in total. The van der Waals surface area contributed by atoms with Crippen molar-refractivity contribution >= 4 is 10.0 Å². The van der Waals surface area contributed by atoms with E-state index in [9.17, 15) is 8.42 Å². The van der Waals surface area contributed by atoms with E-state index < -0.39 is 10.0 Å². The van der Waals surface area contributed by atoms with Gasteiger partial charge in [0.15, 0.2) is 11.5 Å². The molecule has 1 aromatic carbocycles. The van der Waals surface area contributed by atoms with Crippen LogP contribution in [0.3, 0.4) is 0 Å². The molecule has 6 nitrogen and oxygen atoms in total. The Labute approximate surface area is 135 Å². The highest BCUT2D eigenvalue weighted by molar-refractivity contribution is 7.89. The second-order valence-corrected chi connectivity index (χ2v) is 7.06. The van der Waals surface area contributed by atoms with Crippen molar-refractivity contribution in [2.24, 2.45) is 0 Å². The number of sulfonamides is 1. The molecule has 0 radical (unpaired) electrons. The van der Waals surface area contributed by atoms with Gasteiger partial charge in [-0.25, -0.2) is 8.42 Å². The topological polar surface area (TPSA) is 68.7 Å². The molecular weight excluding hydrogens is 316 g/mol. The predicted octanol–water partition coefficient (Wildman–Crippen LogP) is 2.06. The van der Waals surface area contributed by atoms with Crippen LogP contribution in [0.25, 0.3) is 0 Å². The first kappa shape index (κ1) is 15.8. The number of hydrogen-bond acceptors (Lipinski definition) is 5. The smallest absolute Gasteiger partial charge is 0.243 e. The summed E-state index contributed by atoms with van der Waals surface area (Å²) in [6.07, 6.45) is 4.05. The Morgan fingerprint density at radius 3 is 2.61 bits per heavy atom. The second-order valence-electron chi connectivity index (χ2n) is 5.12. The monoisotopic (exact) mass is 334 g/mol. The predicted molar refractivity (Wildman–Crippen MR) is 84.9 cm³/mol. The van der Waals surface area contributed by atoms with Gasteiger partial charge in [-0.2, -0.15) is 4.31 Å². The van der Waals surface area contributed by atoms with Crippen molar-refractivity contribution in [3.8, 4) is 11.5 Å². The van der Waals surface area contributed by atoms with Crippen LogP contribution < -0.4 is 9.47 Å². The quantitative estimate of drug-likeness (QED) is 0.809. The molecule has 0 fully saturated rings. The Balaban J connectivity index is 1.79. The number of likely N-dealkylation sites (N-methyl/N-ethyl adjacent to an activating group) is 1. The summed E-state index contributed by atoms with van der Waals surface area (Å²) in [5.74, 6) is 1.04. The SMILES string of the molecule is CCN(CCc1ccncc1)S(=O)(=O)c1ccc2c(c1)OCO2. The molecule has 0 amide bonds. The summed E-state index contributed by atoms with van der Waals surface area (Å²) in [7, 11) is -3.56. The van der Waals surface area contributed by atoms with Crippen molar-refractivity contribution in [3.05, 3.63) is 48.3 Å². The summed E-state index contributed by atoms with van der Waals surface area (Å²) in [5.41, 5.74) is 1.05. The van der Waals surface area contributed by atoms with E-state index in [0.29, 0.717) is 31.0 Å². The lowest BCUT2D eigenvalue weighted by molar-refractivity contribution is 0.174. The number of ether oxygens (including phenoxy) is 2. The lowest BCUT2D eigenvalue weighted by Crippen LogP contribution is -2.32. The van der Waals surface area contributed by atoms with Gasteiger partial charge in [0.1, 0.15) is 0 Å². The molecule has 23 heavy (non-hydrogen) atoms. The Kier molecular flexibility index (Phi) is 4.49. The normalized spacial score (nSPS) is 13.5. The standard InChI is InChI=1S/C16H18N2O4S/c1-2-18(10-7-13-5-8-17-9-6-13)23(19,20)14-3-4-15-16(11-14)22-12-21-15/h3-6,8-9,11H,2,7,10,12H2,1H3. The zero-order chi connectivity index (χ0) is 16.3. The van der Waals surface area contributed by atoms with Crippen LogP contribution in [-0.2, 0) is 16.4 Å². The molecule has 1 aliphatic heterocycles. The molecule has 0 unspecified atom stereocenters. The number of aromatic nitrogens is 1. The van der Waals surface area contributed by atoms with Crippen molar-refractivity contribution in [1.82, 2.24) is 9.29 Å². The van der Waals surface area contributed by atoms with E-state index in [1.165, 1.54) is 10.4 Å². The first-order valence-corrected chi connectivity index (χ1v) is 8.84. The van der Waals surface area contributed by atoms with E-state index in [1.54, 1.807) is 24.5 Å². The highest BCUT2D eigenvalue weighted by atomic mass is 32.2. The summed E-state index contributed by atoms with van der Waals surface area (Å²) in [6.45, 7) is 2.77. The lowest BCUT2D eigenvalue weighted by atomic mass is 10.2. The Morgan fingerprint density at radius 1 is 1.13 bits per heavy atom. The molecular formula is C16H18N2O4S. The maximum atomic E-state index is 12.8. The van der Waals surface area contributed by atoms with Crippen LogP contribution >= 0.6 is 0 Å². The first-order chi connectivity index (χ1) is 11.1. The number of fused-ring (bicyclic) bond motifs is 1. The van der Waals surface area contributed by atoms with Crippen LogP contribution in [0.5, 0.6) is 11.5 Å². The fourth-order valence-electron chi connectivity index (χ4n) is 2.44. The fraction of sp³-hybridized carbons (Fsp3) is 0.312.